The van der Waals surface area contributed by atoms with Crippen LogP contribution in [0.5, 0.6) is 5.75 Å². The van der Waals surface area contributed by atoms with Gasteiger partial charge in [0.25, 0.3) is 10.0 Å². The Labute approximate surface area is 107 Å². The topological polar surface area (TPSA) is 131 Å². The Morgan fingerprint density at radius 2 is 1.95 bits per heavy atom. The van der Waals surface area contributed by atoms with Crippen LogP contribution in [0.25, 0.3) is 26.2 Å². The first kappa shape index (κ1) is 12.6. The molecule has 2 rings (SSSR count). The third-order valence-corrected chi connectivity index (χ3v) is 3.70. The van der Waals surface area contributed by atoms with E-state index in [9.17, 15) is 13.5 Å². The highest BCUT2D eigenvalue weighted by Crippen LogP contribution is 2.37. The van der Waals surface area contributed by atoms with E-state index in [1.54, 1.807) is 0 Å². The smallest absolute Gasteiger partial charge is 0.426 e. The van der Waals surface area contributed by atoms with E-state index in [0.717, 1.165) is 0 Å². The number of benzene rings is 2. The average Bonchev–Trinajstić information content (AvgIpc) is 2.38. The first-order chi connectivity index (χ1) is 9.01. The Kier molecular flexibility index (Phi) is 2.96. The molecule has 1 N–H and O–H groups in total. The molecule has 0 atom stereocenters. The summed E-state index contributed by atoms with van der Waals surface area (Å²) in [4.78, 5) is 4.90. The highest BCUT2D eigenvalue weighted by Gasteiger charge is 2.21. The van der Waals surface area contributed by atoms with Crippen molar-refractivity contribution in [3.8, 4) is 5.75 Å². The van der Waals surface area contributed by atoms with E-state index in [4.69, 9.17) is 10.9 Å². The lowest BCUT2D eigenvalue weighted by Gasteiger charge is -2.03. The first-order valence-corrected chi connectivity index (χ1v) is 6.36. The summed E-state index contributed by atoms with van der Waals surface area (Å²) in [5.41, 5.74) is 8.16. The lowest BCUT2D eigenvalue weighted by atomic mass is 10.1. The number of phenols is 1. The van der Waals surface area contributed by atoms with Crippen molar-refractivity contribution < 1.29 is 13.5 Å². The Morgan fingerprint density at radius 3 is 2.58 bits per heavy atom. The molecule has 9 heteroatoms. The summed E-state index contributed by atoms with van der Waals surface area (Å²) >= 11 is 0. The maximum atomic E-state index is 11.7. The molecule has 0 amide bonds. The predicted molar refractivity (Wildman–Crippen MR) is 66.7 cm³/mol. The van der Waals surface area contributed by atoms with Gasteiger partial charge in [0, 0.05) is 26.3 Å². The summed E-state index contributed by atoms with van der Waals surface area (Å²) in [5.74, 6) is -0.363. The maximum Gasteiger partial charge on any atom is 0.426 e. The zero-order valence-electron chi connectivity index (χ0n) is 9.29. The second-order valence-corrected chi connectivity index (χ2v) is 5.08. The van der Waals surface area contributed by atoms with Gasteiger partial charge in [-0.05, 0) is 17.7 Å². The van der Waals surface area contributed by atoms with E-state index in [1.807, 2.05) is 0 Å². The molecular formula is C10H6N5O3S+. The number of hydrogen-bond acceptors (Lipinski definition) is 4. The largest absolute Gasteiger partial charge is 0.501 e. The van der Waals surface area contributed by atoms with Crippen LogP contribution in [-0.4, -0.2) is 13.5 Å². The third kappa shape index (κ3) is 2.01. The summed E-state index contributed by atoms with van der Waals surface area (Å²) in [6, 6.07) is 6.68. The minimum Gasteiger partial charge on any atom is -0.501 e. The van der Waals surface area contributed by atoms with Crippen molar-refractivity contribution in [3.63, 3.8) is 0 Å². The molecule has 0 aliphatic rings. The van der Waals surface area contributed by atoms with Crippen LogP contribution in [0.3, 0.4) is 0 Å². The van der Waals surface area contributed by atoms with Crippen LogP contribution in [0.4, 0.5) is 5.69 Å². The van der Waals surface area contributed by atoms with Gasteiger partial charge in [0.05, 0.1) is 4.90 Å². The monoisotopic (exact) mass is 276 g/mol. The van der Waals surface area contributed by atoms with Crippen molar-refractivity contribution in [1.29, 1.82) is 5.39 Å². The molecular weight excluding hydrogens is 270 g/mol. The second-order valence-electron chi connectivity index (χ2n) is 3.53. The van der Waals surface area contributed by atoms with E-state index >= 15 is 0 Å². The number of phenolic OH excluding ortho intramolecular Hbond substituents is 1. The molecule has 0 saturated heterocycles. The fourth-order valence-electron chi connectivity index (χ4n) is 1.70. The van der Waals surface area contributed by atoms with Crippen LogP contribution >= 0.6 is 0 Å². The third-order valence-electron chi connectivity index (χ3n) is 2.50. The highest BCUT2D eigenvalue weighted by molar-refractivity contribution is 7.90. The van der Waals surface area contributed by atoms with Gasteiger partial charge >= 0.3 is 5.69 Å². The molecule has 0 bridgehead atoms. The molecule has 8 nitrogen and oxygen atoms in total. The predicted octanol–water partition coefficient (Wildman–Crippen LogP) is 3.03. The normalized spacial score (nSPS) is 10.7. The van der Waals surface area contributed by atoms with Crippen LogP contribution in [-0.2, 0) is 10.0 Å². The molecule has 0 saturated carbocycles. The maximum absolute atomic E-state index is 11.7. The van der Waals surface area contributed by atoms with Gasteiger partial charge in [-0.3, -0.25) is 0 Å². The number of rotatable bonds is 2. The van der Waals surface area contributed by atoms with E-state index in [0.29, 0.717) is 0 Å². The molecule has 0 aliphatic heterocycles. The van der Waals surface area contributed by atoms with Crippen LogP contribution in [0.1, 0.15) is 0 Å². The van der Waals surface area contributed by atoms with E-state index in [1.165, 1.54) is 30.3 Å². The van der Waals surface area contributed by atoms with Gasteiger partial charge < -0.3 is 5.11 Å². The SMILES string of the molecule is N#[N+]c1ccc2c(S(=O)(=O)N=[N+]=[N-])cccc2c1O. The fourth-order valence-corrected chi connectivity index (χ4v) is 2.59. The molecule has 2 aromatic carbocycles. The zero-order valence-corrected chi connectivity index (χ0v) is 10.1. The summed E-state index contributed by atoms with van der Waals surface area (Å²) in [6.07, 6.45) is 0. The van der Waals surface area contributed by atoms with Crippen molar-refractivity contribution >= 4 is 26.5 Å². The summed E-state index contributed by atoms with van der Waals surface area (Å²) in [6.45, 7) is 0. The second kappa shape index (κ2) is 4.45. The number of fused-ring (bicyclic) bond motifs is 1. The van der Waals surface area contributed by atoms with Crippen LogP contribution in [0.2, 0.25) is 0 Å². The van der Waals surface area contributed by atoms with Gasteiger partial charge in [-0.2, -0.15) is 0 Å². The van der Waals surface area contributed by atoms with Gasteiger partial charge in [-0.1, -0.05) is 12.1 Å². The van der Waals surface area contributed by atoms with Gasteiger partial charge in [0.2, 0.25) is 11.1 Å². The molecule has 0 spiro atoms. The highest BCUT2D eigenvalue weighted by atomic mass is 32.2. The molecule has 94 valence electrons. The molecule has 0 radical (unpaired) electrons. The van der Waals surface area contributed by atoms with Gasteiger partial charge in [-0.25, -0.2) is 8.42 Å². The Balaban J connectivity index is 2.92. The zero-order chi connectivity index (χ0) is 14.0. The summed E-state index contributed by atoms with van der Waals surface area (Å²) in [7, 11) is -4.17. The average molecular weight is 276 g/mol. The van der Waals surface area contributed by atoms with Crippen LogP contribution in [0.15, 0.2) is 39.7 Å². The number of hydrogen-bond donors (Lipinski definition) is 1. The molecule has 2 aromatic rings. The van der Waals surface area contributed by atoms with E-state index < -0.39 is 10.0 Å². The summed E-state index contributed by atoms with van der Waals surface area (Å²) < 4.78 is 26.2. The van der Waals surface area contributed by atoms with Gasteiger partial charge in [0.15, 0.2) is 4.98 Å². The van der Waals surface area contributed by atoms with Crippen LogP contribution < -0.4 is 0 Å². The van der Waals surface area contributed by atoms with Gasteiger partial charge in [-0.15, -0.1) is 0 Å². The quantitative estimate of drug-likeness (QED) is 0.390. The standard InChI is InChI=1S/C10H5N5O3S/c11-13-8-5-4-6-7(10(8)16)2-1-3-9(6)19(17,18)15-14-12/h1-5H/p+1. The summed E-state index contributed by atoms with van der Waals surface area (Å²) in [5, 5.41) is 18.8. The number of aromatic hydroxyl groups is 1. The van der Waals surface area contributed by atoms with Crippen molar-refractivity contribution in [2.75, 3.05) is 0 Å². The van der Waals surface area contributed by atoms with Gasteiger partial charge in [0.1, 0.15) is 0 Å². The van der Waals surface area contributed by atoms with Crippen molar-refractivity contribution in [1.82, 2.24) is 0 Å². The minimum absolute atomic E-state index is 0.0918. The number of nitrogens with zero attached hydrogens (tertiary/aromatic N) is 5. The minimum atomic E-state index is -4.17. The first-order valence-electron chi connectivity index (χ1n) is 4.92. The fraction of sp³-hybridized carbons (Fsp3) is 0. The van der Waals surface area contributed by atoms with E-state index in [2.05, 4.69) is 14.4 Å². The molecule has 0 fully saturated rings. The lowest BCUT2D eigenvalue weighted by molar-refractivity contribution is 0.484. The van der Waals surface area contributed by atoms with Crippen molar-refractivity contribution in [3.05, 3.63) is 45.8 Å². The number of azide groups is 1. The lowest BCUT2D eigenvalue weighted by Crippen LogP contribution is -1.96. The molecule has 0 aromatic heterocycles. The molecule has 0 heterocycles. The Hall–Kier alpha value is -2.82. The van der Waals surface area contributed by atoms with E-state index in [-0.39, 0.29) is 27.1 Å². The molecule has 0 unspecified atom stereocenters. The Morgan fingerprint density at radius 1 is 1.21 bits per heavy atom. The van der Waals surface area contributed by atoms with Crippen LogP contribution in [0, 0.1) is 5.39 Å². The molecule has 0 aliphatic carbocycles. The van der Waals surface area contributed by atoms with Crippen molar-refractivity contribution in [2.45, 2.75) is 4.90 Å². The molecule has 19 heavy (non-hydrogen) atoms. The van der Waals surface area contributed by atoms with Crippen molar-refractivity contribution in [2.24, 2.45) is 4.52 Å². The Bertz CT molecular complexity index is 863. The number of sulfonamides is 1. The number of diazo groups is 1.